The number of esters is 2. The lowest BCUT2D eigenvalue weighted by Crippen LogP contribution is -2.43. The van der Waals surface area contributed by atoms with Crippen LogP contribution in [0, 0.1) is 11.8 Å². The molecule has 0 bridgehead atoms. The van der Waals surface area contributed by atoms with Crippen LogP contribution >= 0.6 is 11.3 Å². The number of thiophene rings is 1. The van der Waals surface area contributed by atoms with Crippen LogP contribution < -0.4 is 5.32 Å². The van der Waals surface area contributed by atoms with E-state index in [1.807, 2.05) is 45.2 Å². The predicted octanol–water partition coefficient (Wildman–Crippen LogP) is 3.70. The third kappa shape index (κ3) is 3.88. The molecule has 29 heavy (non-hydrogen) atoms. The summed E-state index contributed by atoms with van der Waals surface area (Å²) in [5.41, 5.74) is 2.37. The molecule has 7 heteroatoms. The molecule has 0 unspecified atom stereocenters. The first-order valence-corrected chi connectivity index (χ1v) is 10.7. The molecule has 1 aliphatic heterocycles. The molecule has 0 spiro atoms. The number of Topliss-reactive ketones (excluding diaryl/α,β-unsaturated/α-hetero) is 1. The van der Waals surface area contributed by atoms with Crippen molar-refractivity contribution in [1.29, 1.82) is 0 Å². The summed E-state index contributed by atoms with van der Waals surface area (Å²) in [5, 5.41) is 5.18. The summed E-state index contributed by atoms with van der Waals surface area (Å²) in [7, 11) is 1.29. The number of rotatable bonds is 5. The second-order valence-corrected chi connectivity index (χ2v) is 8.65. The van der Waals surface area contributed by atoms with Gasteiger partial charge < -0.3 is 14.8 Å². The molecule has 4 atom stereocenters. The normalized spacial score (nSPS) is 25.3. The number of hydrogen-bond donors (Lipinski definition) is 1. The van der Waals surface area contributed by atoms with Gasteiger partial charge in [0, 0.05) is 21.8 Å². The Kier molecular flexibility index (Phi) is 6.27. The molecule has 3 rings (SSSR count). The molecule has 0 amide bonds. The van der Waals surface area contributed by atoms with E-state index in [1.54, 1.807) is 0 Å². The van der Waals surface area contributed by atoms with Crippen molar-refractivity contribution in [3.8, 4) is 0 Å². The average Bonchev–Trinajstić information content (AvgIpc) is 3.20. The number of allylic oxidation sites excluding steroid dienone is 3. The van der Waals surface area contributed by atoms with Gasteiger partial charge in [0.15, 0.2) is 5.78 Å². The SMILES string of the molecule is CC[C@H](C)OC(=O)C1=C(C)NC2=C(C(=O)[C@@H](C(=O)OC)[C@@H](C)C2)[C@@H]1c1cccs1. The Hall–Kier alpha value is -2.41. The Morgan fingerprint density at radius 2 is 2.10 bits per heavy atom. The number of hydrogen-bond acceptors (Lipinski definition) is 7. The monoisotopic (exact) mass is 417 g/mol. The first-order valence-electron chi connectivity index (χ1n) is 9.87. The lowest BCUT2D eigenvalue weighted by molar-refractivity contribution is -0.151. The van der Waals surface area contributed by atoms with Gasteiger partial charge in [0.25, 0.3) is 0 Å². The topological polar surface area (TPSA) is 81.7 Å². The van der Waals surface area contributed by atoms with E-state index in [0.29, 0.717) is 29.7 Å². The van der Waals surface area contributed by atoms with Crippen molar-refractivity contribution < 1.29 is 23.9 Å². The Morgan fingerprint density at radius 3 is 2.69 bits per heavy atom. The number of ketones is 1. The van der Waals surface area contributed by atoms with Crippen LogP contribution in [0.1, 0.15) is 51.3 Å². The minimum absolute atomic E-state index is 0.188. The van der Waals surface area contributed by atoms with Crippen LogP contribution in [0.2, 0.25) is 0 Å². The standard InChI is InChI=1S/C22H27NO5S/c1-6-12(3)28-22(26)17-13(4)23-14-10-11(2)16(21(25)27-5)20(24)18(14)19(17)15-8-7-9-29-15/h7-9,11-12,16,19,23H,6,10H2,1-5H3/t11-,12-,16-,19+/m0/s1. The third-order valence-electron chi connectivity index (χ3n) is 5.67. The Bertz CT molecular complexity index is 883. The van der Waals surface area contributed by atoms with Gasteiger partial charge in [-0.3, -0.25) is 9.59 Å². The van der Waals surface area contributed by atoms with E-state index in [0.717, 1.165) is 10.6 Å². The van der Waals surface area contributed by atoms with Gasteiger partial charge in [0.1, 0.15) is 5.92 Å². The molecule has 0 fully saturated rings. The van der Waals surface area contributed by atoms with Gasteiger partial charge in [-0.1, -0.05) is 19.9 Å². The zero-order valence-corrected chi connectivity index (χ0v) is 18.2. The lowest BCUT2D eigenvalue weighted by Gasteiger charge is -2.38. The average molecular weight is 418 g/mol. The van der Waals surface area contributed by atoms with Gasteiger partial charge in [-0.15, -0.1) is 11.3 Å². The van der Waals surface area contributed by atoms with Crippen molar-refractivity contribution in [2.45, 2.75) is 52.6 Å². The highest BCUT2D eigenvalue weighted by atomic mass is 32.1. The van der Waals surface area contributed by atoms with Crippen LogP contribution in [0.25, 0.3) is 0 Å². The number of dihydropyridines is 1. The maximum atomic E-state index is 13.5. The van der Waals surface area contributed by atoms with E-state index in [1.165, 1.54) is 18.4 Å². The van der Waals surface area contributed by atoms with Crippen molar-refractivity contribution >= 4 is 29.1 Å². The van der Waals surface area contributed by atoms with Crippen molar-refractivity contribution in [3.05, 3.63) is 44.9 Å². The van der Waals surface area contributed by atoms with E-state index in [9.17, 15) is 14.4 Å². The first-order chi connectivity index (χ1) is 13.8. The largest absolute Gasteiger partial charge is 0.468 e. The van der Waals surface area contributed by atoms with Gasteiger partial charge in [0.05, 0.1) is 24.7 Å². The van der Waals surface area contributed by atoms with Crippen molar-refractivity contribution in [2.24, 2.45) is 11.8 Å². The summed E-state index contributed by atoms with van der Waals surface area (Å²) in [5.74, 6) is -2.85. The second kappa shape index (κ2) is 8.53. The molecule has 0 saturated carbocycles. The fraction of sp³-hybridized carbons (Fsp3) is 0.500. The molecule has 2 heterocycles. The lowest BCUT2D eigenvalue weighted by atomic mass is 9.70. The van der Waals surface area contributed by atoms with Crippen LogP contribution in [-0.2, 0) is 23.9 Å². The summed E-state index contributed by atoms with van der Waals surface area (Å²) in [6.07, 6.45) is 1.00. The van der Waals surface area contributed by atoms with Gasteiger partial charge in [0.2, 0.25) is 0 Å². The third-order valence-corrected chi connectivity index (χ3v) is 6.61. The number of carbonyl (C=O) groups excluding carboxylic acids is 3. The maximum Gasteiger partial charge on any atom is 0.337 e. The second-order valence-electron chi connectivity index (χ2n) is 7.67. The number of carbonyl (C=O) groups is 3. The molecule has 6 nitrogen and oxygen atoms in total. The van der Waals surface area contributed by atoms with Crippen LogP contribution in [0.3, 0.4) is 0 Å². The molecule has 1 aliphatic carbocycles. The Balaban J connectivity index is 2.10. The quantitative estimate of drug-likeness (QED) is 0.581. The number of methoxy groups -OCH3 is 1. The van der Waals surface area contributed by atoms with Crippen LogP contribution in [-0.4, -0.2) is 30.9 Å². The zero-order chi connectivity index (χ0) is 21.3. The van der Waals surface area contributed by atoms with E-state index in [2.05, 4.69) is 5.32 Å². The van der Waals surface area contributed by atoms with Gasteiger partial charge >= 0.3 is 11.9 Å². The fourth-order valence-electron chi connectivity index (χ4n) is 4.02. The van der Waals surface area contributed by atoms with Crippen LogP contribution in [0.5, 0.6) is 0 Å². The summed E-state index contributed by atoms with van der Waals surface area (Å²) >= 11 is 1.48. The molecule has 0 aromatic carbocycles. The number of ether oxygens (including phenoxy) is 2. The predicted molar refractivity (Wildman–Crippen MR) is 110 cm³/mol. The maximum absolute atomic E-state index is 13.5. The first kappa shape index (κ1) is 21.3. The highest BCUT2D eigenvalue weighted by Gasteiger charge is 2.47. The van der Waals surface area contributed by atoms with Crippen molar-refractivity contribution in [2.75, 3.05) is 7.11 Å². The minimum Gasteiger partial charge on any atom is -0.468 e. The van der Waals surface area contributed by atoms with E-state index < -0.39 is 23.8 Å². The summed E-state index contributed by atoms with van der Waals surface area (Å²) < 4.78 is 10.5. The molecule has 1 aromatic heterocycles. The van der Waals surface area contributed by atoms with Gasteiger partial charge in [-0.05, 0) is 44.1 Å². The van der Waals surface area contributed by atoms with E-state index >= 15 is 0 Å². The van der Waals surface area contributed by atoms with Crippen molar-refractivity contribution in [1.82, 2.24) is 5.32 Å². The van der Waals surface area contributed by atoms with Crippen LogP contribution in [0.4, 0.5) is 0 Å². The van der Waals surface area contributed by atoms with Gasteiger partial charge in [-0.25, -0.2) is 4.79 Å². The molecular formula is C22H27NO5S. The number of nitrogens with one attached hydrogen (secondary N) is 1. The summed E-state index contributed by atoms with van der Waals surface area (Å²) in [6.45, 7) is 7.49. The highest BCUT2D eigenvalue weighted by molar-refractivity contribution is 7.10. The summed E-state index contributed by atoms with van der Waals surface area (Å²) in [4.78, 5) is 39.7. The summed E-state index contributed by atoms with van der Waals surface area (Å²) in [6, 6.07) is 3.80. The molecule has 0 saturated heterocycles. The molecular weight excluding hydrogens is 390 g/mol. The van der Waals surface area contributed by atoms with E-state index in [4.69, 9.17) is 9.47 Å². The molecule has 0 radical (unpaired) electrons. The minimum atomic E-state index is -0.867. The highest BCUT2D eigenvalue weighted by Crippen LogP contribution is 2.46. The van der Waals surface area contributed by atoms with Crippen LogP contribution in [0.15, 0.2) is 40.1 Å². The Labute approximate surface area is 175 Å². The molecule has 2 aliphatic rings. The molecule has 156 valence electrons. The van der Waals surface area contributed by atoms with E-state index in [-0.39, 0.29) is 17.8 Å². The Morgan fingerprint density at radius 1 is 1.38 bits per heavy atom. The van der Waals surface area contributed by atoms with Gasteiger partial charge in [-0.2, -0.15) is 0 Å². The zero-order valence-electron chi connectivity index (χ0n) is 17.4. The molecule has 1 N–H and O–H groups in total. The fourth-order valence-corrected chi connectivity index (χ4v) is 4.86. The van der Waals surface area contributed by atoms with Crippen molar-refractivity contribution in [3.63, 3.8) is 0 Å². The smallest absolute Gasteiger partial charge is 0.337 e. The molecule has 1 aromatic rings.